The second-order valence-corrected chi connectivity index (χ2v) is 8.16. The molecule has 1 aromatic rings. The molecule has 118 valence electrons. The number of hydrogen-bond donors (Lipinski definition) is 2. The van der Waals surface area contributed by atoms with E-state index in [9.17, 15) is 8.42 Å². The summed E-state index contributed by atoms with van der Waals surface area (Å²) in [6.07, 6.45) is 3.41. The lowest BCUT2D eigenvalue weighted by molar-refractivity contribution is 0.166. The molecule has 0 bridgehead atoms. The fraction of sp³-hybridized carbons (Fsp3) is 0.625. The number of rotatable bonds is 6. The summed E-state index contributed by atoms with van der Waals surface area (Å²) in [5.74, 6) is 0. The standard InChI is InChI=1S/C16H26N2O2S/c1-5-17-14-9-12(2)15(13(3)10-14)21(19,20)18-11-16(4)7-6-8-16/h9-10,17-18H,5-8,11H2,1-4H3. The molecule has 21 heavy (non-hydrogen) atoms. The van der Waals surface area contributed by atoms with E-state index >= 15 is 0 Å². The fourth-order valence-corrected chi connectivity index (χ4v) is 4.63. The molecular formula is C16H26N2O2S. The van der Waals surface area contributed by atoms with E-state index in [1.165, 1.54) is 6.42 Å². The summed E-state index contributed by atoms with van der Waals surface area (Å²) in [6.45, 7) is 9.23. The van der Waals surface area contributed by atoms with E-state index in [2.05, 4.69) is 17.0 Å². The van der Waals surface area contributed by atoms with E-state index in [-0.39, 0.29) is 5.41 Å². The molecule has 1 saturated carbocycles. The van der Waals surface area contributed by atoms with Gasteiger partial charge in [0.1, 0.15) is 0 Å². The Kier molecular flexibility index (Phi) is 4.63. The van der Waals surface area contributed by atoms with Crippen LogP contribution in [0.1, 0.15) is 44.2 Å². The van der Waals surface area contributed by atoms with Crippen molar-refractivity contribution in [3.8, 4) is 0 Å². The summed E-state index contributed by atoms with van der Waals surface area (Å²) in [5, 5.41) is 3.23. The first-order valence-corrected chi connectivity index (χ1v) is 9.10. The van der Waals surface area contributed by atoms with Crippen LogP contribution in [0.4, 0.5) is 5.69 Å². The van der Waals surface area contributed by atoms with Crippen molar-refractivity contribution in [2.45, 2.75) is 51.9 Å². The molecule has 0 radical (unpaired) electrons. The molecule has 0 heterocycles. The third-order valence-corrected chi connectivity index (χ3v) is 6.07. The molecule has 0 spiro atoms. The SMILES string of the molecule is CCNc1cc(C)c(S(=O)(=O)NCC2(C)CCC2)c(C)c1. The highest BCUT2D eigenvalue weighted by Gasteiger charge is 2.33. The second kappa shape index (κ2) is 5.97. The second-order valence-electron chi connectivity index (χ2n) is 6.46. The van der Waals surface area contributed by atoms with Crippen molar-refractivity contribution >= 4 is 15.7 Å². The molecule has 5 heteroatoms. The predicted octanol–water partition coefficient (Wildman–Crippen LogP) is 3.20. The molecule has 0 aliphatic heterocycles. The van der Waals surface area contributed by atoms with E-state index in [0.717, 1.165) is 36.2 Å². The summed E-state index contributed by atoms with van der Waals surface area (Å²) in [7, 11) is -3.44. The molecule has 0 amide bonds. The highest BCUT2D eigenvalue weighted by atomic mass is 32.2. The van der Waals surface area contributed by atoms with E-state index in [1.807, 2.05) is 32.9 Å². The van der Waals surface area contributed by atoms with Crippen LogP contribution in [0, 0.1) is 19.3 Å². The van der Waals surface area contributed by atoms with Gasteiger partial charge in [0.2, 0.25) is 10.0 Å². The third kappa shape index (κ3) is 3.58. The van der Waals surface area contributed by atoms with Crippen LogP contribution in [-0.4, -0.2) is 21.5 Å². The van der Waals surface area contributed by atoms with Crippen LogP contribution < -0.4 is 10.0 Å². The molecule has 0 unspecified atom stereocenters. The van der Waals surface area contributed by atoms with Crippen LogP contribution in [0.25, 0.3) is 0 Å². The number of anilines is 1. The zero-order chi connectivity index (χ0) is 15.7. The Morgan fingerprint density at radius 3 is 2.19 bits per heavy atom. The van der Waals surface area contributed by atoms with Gasteiger partial charge in [0, 0.05) is 18.8 Å². The van der Waals surface area contributed by atoms with Gasteiger partial charge >= 0.3 is 0 Å². The average Bonchev–Trinajstić information content (AvgIpc) is 2.33. The van der Waals surface area contributed by atoms with E-state index in [1.54, 1.807) is 0 Å². The van der Waals surface area contributed by atoms with Gasteiger partial charge in [-0.05, 0) is 62.3 Å². The summed E-state index contributed by atoms with van der Waals surface area (Å²) < 4.78 is 28.0. The van der Waals surface area contributed by atoms with E-state index in [0.29, 0.717) is 11.4 Å². The molecule has 1 aliphatic rings. The first-order valence-electron chi connectivity index (χ1n) is 7.62. The van der Waals surface area contributed by atoms with Gasteiger partial charge in [-0.2, -0.15) is 0 Å². The van der Waals surface area contributed by atoms with Gasteiger partial charge in [-0.1, -0.05) is 13.3 Å². The molecule has 1 fully saturated rings. The topological polar surface area (TPSA) is 58.2 Å². The number of hydrogen-bond acceptors (Lipinski definition) is 3. The third-order valence-electron chi connectivity index (χ3n) is 4.36. The summed E-state index contributed by atoms with van der Waals surface area (Å²) in [6, 6.07) is 3.80. The summed E-state index contributed by atoms with van der Waals surface area (Å²) >= 11 is 0. The first kappa shape index (κ1) is 16.3. The number of nitrogens with one attached hydrogen (secondary N) is 2. The van der Waals surface area contributed by atoms with Crippen LogP contribution in [0.2, 0.25) is 0 Å². The highest BCUT2D eigenvalue weighted by molar-refractivity contribution is 7.89. The molecule has 0 saturated heterocycles. The van der Waals surface area contributed by atoms with E-state index < -0.39 is 10.0 Å². The monoisotopic (exact) mass is 310 g/mol. The molecular weight excluding hydrogens is 284 g/mol. The maximum atomic E-state index is 12.6. The van der Waals surface area contributed by atoms with Crippen LogP contribution >= 0.6 is 0 Å². The van der Waals surface area contributed by atoms with Gasteiger partial charge in [-0.15, -0.1) is 0 Å². The Labute approximate surface area is 128 Å². The minimum atomic E-state index is -3.44. The Balaban J connectivity index is 2.23. The molecule has 1 aliphatic carbocycles. The van der Waals surface area contributed by atoms with Gasteiger partial charge < -0.3 is 5.32 Å². The number of benzene rings is 1. The molecule has 0 atom stereocenters. The zero-order valence-electron chi connectivity index (χ0n) is 13.4. The molecule has 2 N–H and O–H groups in total. The zero-order valence-corrected chi connectivity index (χ0v) is 14.2. The molecule has 4 nitrogen and oxygen atoms in total. The van der Waals surface area contributed by atoms with Crippen LogP contribution in [0.3, 0.4) is 0 Å². The van der Waals surface area contributed by atoms with Crippen molar-refractivity contribution in [3.05, 3.63) is 23.3 Å². The normalized spacial score (nSPS) is 17.3. The highest BCUT2D eigenvalue weighted by Crippen LogP contribution is 2.39. The molecule has 2 rings (SSSR count). The lowest BCUT2D eigenvalue weighted by Crippen LogP contribution is -2.40. The molecule has 0 aromatic heterocycles. The average molecular weight is 310 g/mol. The van der Waals surface area contributed by atoms with Crippen molar-refractivity contribution < 1.29 is 8.42 Å². The minimum Gasteiger partial charge on any atom is -0.385 e. The smallest absolute Gasteiger partial charge is 0.241 e. The minimum absolute atomic E-state index is 0.137. The first-order chi connectivity index (χ1) is 9.77. The quantitative estimate of drug-likeness (QED) is 0.848. The van der Waals surface area contributed by atoms with Crippen molar-refractivity contribution in [2.24, 2.45) is 5.41 Å². The van der Waals surface area contributed by atoms with Crippen LogP contribution in [-0.2, 0) is 10.0 Å². The van der Waals surface area contributed by atoms with Gasteiger partial charge in [-0.3, -0.25) is 0 Å². The largest absolute Gasteiger partial charge is 0.385 e. The van der Waals surface area contributed by atoms with E-state index in [4.69, 9.17) is 0 Å². The Bertz CT molecular complexity index is 596. The predicted molar refractivity (Wildman–Crippen MR) is 87.2 cm³/mol. The lowest BCUT2D eigenvalue weighted by atomic mass is 9.71. The van der Waals surface area contributed by atoms with Crippen molar-refractivity contribution in [1.29, 1.82) is 0 Å². The Morgan fingerprint density at radius 2 is 1.76 bits per heavy atom. The summed E-state index contributed by atoms with van der Waals surface area (Å²) in [5.41, 5.74) is 2.69. The lowest BCUT2D eigenvalue weighted by Gasteiger charge is -2.38. The summed E-state index contributed by atoms with van der Waals surface area (Å²) in [4.78, 5) is 0.423. The van der Waals surface area contributed by atoms with Crippen molar-refractivity contribution in [2.75, 3.05) is 18.4 Å². The van der Waals surface area contributed by atoms with Crippen molar-refractivity contribution in [1.82, 2.24) is 4.72 Å². The Hall–Kier alpha value is -1.07. The van der Waals surface area contributed by atoms with Gasteiger partial charge in [-0.25, -0.2) is 13.1 Å². The van der Waals surface area contributed by atoms with Crippen LogP contribution in [0.15, 0.2) is 17.0 Å². The maximum absolute atomic E-state index is 12.6. The maximum Gasteiger partial charge on any atom is 0.241 e. The fourth-order valence-electron chi connectivity index (χ4n) is 2.98. The number of aryl methyl sites for hydroxylation is 2. The van der Waals surface area contributed by atoms with Gasteiger partial charge in [0.15, 0.2) is 0 Å². The molecule has 1 aromatic carbocycles. The van der Waals surface area contributed by atoms with Crippen molar-refractivity contribution in [3.63, 3.8) is 0 Å². The van der Waals surface area contributed by atoms with Gasteiger partial charge in [0.05, 0.1) is 4.90 Å². The number of sulfonamides is 1. The Morgan fingerprint density at radius 1 is 1.19 bits per heavy atom. The van der Waals surface area contributed by atoms with Crippen LogP contribution in [0.5, 0.6) is 0 Å². The van der Waals surface area contributed by atoms with Gasteiger partial charge in [0.25, 0.3) is 0 Å².